The highest BCUT2D eigenvalue weighted by molar-refractivity contribution is 6.31. The summed E-state index contributed by atoms with van der Waals surface area (Å²) in [5, 5.41) is 7.17. The molecule has 3 aliphatic rings. The van der Waals surface area contributed by atoms with Crippen LogP contribution in [0.2, 0.25) is 5.02 Å². The van der Waals surface area contributed by atoms with E-state index >= 15 is 0 Å². The Labute approximate surface area is 159 Å². The van der Waals surface area contributed by atoms with Gasteiger partial charge in [-0.25, -0.2) is 9.80 Å². The summed E-state index contributed by atoms with van der Waals surface area (Å²) < 4.78 is 0. The number of aliphatic imine (C=N–C) groups is 1. The van der Waals surface area contributed by atoms with Crippen molar-refractivity contribution in [2.75, 3.05) is 13.1 Å². The van der Waals surface area contributed by atoms with Gasteiger partial charge in [-0.3, -0.25) is 14.8 Å². The smallest absolute Gasteiger partial charge is 0.313 e. The Balaban J connectivity index is 1.54. The third-order valence-corrected chi connectivity index (χ3v) is 5.53. The van der Waals surface area contributed by atoms with Crippen molar-refractivity contribution in [2.45, 2.75) is 12.3 Å². The zero-order chi connectivity index (χ0) is 18.5. The molecular weight excluding hydrogens is 366 g/mol. The molecule has 1 aliphatic carbocycles. The van der Waals surface area contributed by atoms with Crippen LogP contribution in [0.25, 0.3) is 0 Å². The van der Waals surface area contributed by atoms with Crippen LogP contribution in [0.15, 0.2) is 61.8 Å². The number of nitrogens with one attached hydrogen (secondary N) is 2. The minimum Gasteiger partial charge on any atom is -0.313 e. The summed E-state index contributed by atoms with van der Waals surface area (Å²) in [4.78, 5) is 32.9. The number of H-pyrrole nitrogens is 2. The van der Waals surface area contributed by atoms with Crippen LogP contribution in [-0.4, -0.2) is 39.6 Å². The maximum absolute atomic E-state index is 12.2. The van der Waals surface area contributed by atoms with Crippen LogP contribution >= 0.6 is 11.6 Å². The first-order valence-corrected chi connectivity index (χ1v) is 9.19. The molecule has 8 heteroatoms. The number of rotatable bonds is 3. The summed E-state index contributed by atoms with van der Waals surface area (Å²) in [7, 11) is 0. The van der Waals surface area contributed by atoms with Crippen molar-refractivity contribution >= 4 is 23.1 Å². The summed E-state index contributed by atoms with van der Waals surface area (Å²) in [5.74, 6) is 1.50. The number of hydrogen-bond donors (Lipinski definition) is 2. The number of halogens is 1. The molecule has 2 aliphatic heterocycles. The molecule has 2 atom stereocenters. The van der Waals surface area contributed by atoms with Gasteiger partial charge in [-0.15, -0.1) is 0 Å². The van der Waals surface area contributed by atoms with Crippen LogP contribution in [0.3, 0.4) is 0 Å². The Morgan fingerprint density at radius 3 is 2.85 bits per heavy atom. The number of aromatic nitrogens is 2. The number of benzene rings is 1. The summed E-state index contributed by atoms with van der Waals surface area (Å²) in [6, 6.07) is 7.90. The molecule has 0 bridgehead atoms. The van der Waals surface area contributed by atoms with Crippen LogP contribution in [0.1, 0.15) is 23.5 Å². The Kier molecular flexibility index (Phi) is 3.65. The highest BCUT2D eigenvalue weighted by Gasteiger charge is 2.45. The summed E-state index contributed by atoms with van der Waals surface area (Å²) in [6.07, 6.45) is 4.31. The van der Waals surface area contributed by atoms with Crippen LogP contribution in [-0.2, 0) is 0 Å². The Morgan fingerprint density at radius 2 is 2.04 bits per heavy atom. The van der Waals surface area contributed by atoms with E-state index in [2.05, 4.69) is 26.1 Å². The maximum atomic E-state index is 12.2. The van der Waals surface area contributed by atoms with Crippen molar-refractivity contribution in [2.24, 2.45) is 16.0 Å². The first-order valence-electron chi connectivity index (χ1n) is 8.81. The van der Waals surface area contributed by atoms with E-state index in [0.717, 1.165) is 28.4 Å². The van der Waals surface area contributed by atoms with Crippen LogP contribution in [0.4, 0.5) is 0 Å². The lowest BCUT2D eigenvalue weighted by Crippen LogP contribution is -2.33. The van der Waals surface area contributed by atoms with Crippen LogP contribution in [0, 0.1) is 5.92 Å². The van der Waals surface area contributed by atoms with E-state index in [1.165, 1.54) is 6.20 Å². The van der Waals surface area contributed by atoms with Crippen LogP contribution < -0.4 is 11.2 Å². The van der Waals surface area contributed by atoms with E-state index < -0.39 is 11.2 Å². The van der Waals surface area contributed by atoms with E-state index in [4.69, 9.17) is 11.6 Å². The molecule has 2 aromatic rings. The van der Waals surface area contributed by atoms with E-state index in [-0.39, 0.29) is 5.92 Å². The van der Waals surface area contributed by atoms with Crippen molar-refractivity contribution in [1.29, 1.82) is 0 Å². The largest absolute Gasteiger partial charge is 0.325 e. The molecule has 3 heterocycles. The van der Waals surface area contributed by atoms with E-state index in [0.29, 0.717) is 30.3 Å². The lowest BCUT2D eigenvalue weighted by atomic mass is 10.00. The number of amidine groups is 1. The second kappa shape index (κ2) is 6.06. The lowest BCUT2D eigenvalue weighted by Gasteiger charge is -2.23. The fourth-order valence-electron chi connectivity index (χ4n) is 3.81. The molecule has 0 saturated heterocycles. The zero-order valence-electron chi connectivity index (χ0n) is 14.3. The number of hydrazone groups is 1. The van der Waals surface area contributed by atoms with Gasteiger partial charge in [0, 0.05) is 16.8 Å². The van der Waals surface area contributed by atoms with Gasteiger partial charge in [0.25, 0.3) is 5.56 Å². The minimum absolute atomic E-state index is 0.289. The second-order valence-corrected chi connectivity index (χ2v) is 7.28. The first-order chi connectivity index (χ1) is 13.1. The predicted molar refractivity (Wildman–Crippen MR) is 104 cm³/mol. The molecule has 0 amide bonds. The van der Waals surface area contributed by atoms with Gasteiger partial charge in [-0.05, 0) is 36.0 Å². The molecule has 1 saturated carbocycles. The van der Waals surface area contributed by atoms with Gasteiger partial charge in [-0.2, -0.15) is 5.10 Å². The van der Waals surface area contributed by atoms with Gasteiger partial charge in [0.05, 0.1) is 24.4 Å². The predicted octanol–water partition coefficient (Wildman–Crippen LogP) is 1.88. The summed E-state index contributed by atoms with van der Waals surface area (Å²) in [5.41, 5.74) is 2.11. The van der Waals surface area contributed by atoms with Crippen molar-refractivity contribution in [3.05, 3.63) is 79.1 Å². The Hall–Kier alpha value is -2.93. The molecular formula is C19H16ClN5O2. The van der Waals surface area contributed by atoms with Crippen LogP contribution in [0.5, 0.6) is 0 Å². The Bertz CT molecular complexity index is 1140. The molecule has 27 heavy (non-hydrogen) atoms. The number of allylic oxidation sites excluding steroid dienone is 1. The lowest BCUT2D eigenvalue weighted by molar-refractivity contribution is 0.484. The molecule has 0 spiro atoms. The van der Waals surface area contributed by atoms with Crippen molar-refractivity contribution < 1.29 is 0 Å². The molecule has 1 aromatic carbocycles. The van der Waals surface area contributed by atoms with Gasteiger partial charge in [-0.1, -0.05) is 29.8 Å². The highest BCUT2D eigenvalue weighted by atomic mass is 35.5. The number of hydrogen-bond acceptors (Lipinski definition) is 5. The van der Waals surface area contributed by atoms with Crippen molar-refractivity contribution in [3.63, 3.8) is 0 Å². The maximum Gasteiger partial charge on any atom is 0.325 e. The molecule has 1 fully saturated rings. The van der Waals surface area contributed by atoms with E-state index in [9.17, 15) is 9.59 Å². The topological polar surface area (TPSA) is 93.7 Å². The SMILES string of the molecule is O=c1[nH]cc(C2=NN3CCN=C3C(C3CC3c3ccccc3Cl)=C2)c(=O)[nH]1. The van der Waals surface area contributed by atoms with Gasteiger partial charge in [0.1, 0.15) is 5.84 Å². The average Bonchev–Trinajstić information content (AvgIpc) is 3.29. The van der Waals surface area contributed by atoms with Gasteiger partial charge in [0.2, 0.25) is 0 Å². The fourth-order valence-corrected chi connectivity index (χ4v) is 4.09. The molecule has 2 unspecified atom stereocenters. The quantitative estimate of drug-likeness (QED) is 0.850. The standard InChI is InChI=1S/C19H16ClN5O2/c20-15-4-2-1-3-10(15)11-7-12(11)13-8-16(24-25-6-5-21-17(13)25)14-9-22-19(27)23-18(14)26/h1-4,8-9,11-12H,5-7H2,(H2,22,23,26,27). The Morgan fingerprint density at radius 1 is 1.19 bits per heavy atom. The third-order valence-electron chi connectivity index (χ3n) is 5.19. The normalized spacial score (nSPS) is 23.4. The average molecular weight is 382 g/mol. The van der Waals surface area contributed by atoms with Gasteiger partial charge in [0.15, 0.2) is 0 Å². The highest BCUT2D eigenvalue weighted by Crippen LogP contribution is 2.54. The number of aromatic amines is 2. The monoisotopic (exact) mass is 381 g/mol. The zero-order valence-corrected chi connectivity index (χ0v) is 15.0. The summed E-state index contributed by atoms with van der Waals surface area (Å²) in [6.45, 7) is 1.36. The molecule has 7 nitrogen and oxygen atoms in total. The third kappa shape index (κ3) is 2.75. The number of fused-ring (bicyclic) bond motifs is 1. The van der Waals surface area contributed by atoms with Crippen molar-refractivity contribution in [1.82, 2.24) is 15.0 Å². The fraction of sp³-hybridized carbons (Fsp3) is 0.263. The van der Waals surface area contributed by atoms with Gasteiger partial charge < -0.3 is 4.98 Å². The molecule has 1 aromatic heterocycles. The summed E-state index contributed by atoms with van der Waals surface area (Å²) >= 11 is 6.37. The van der Waals surface area contributed by atoms with Gasteiger partial charge >= 0.3 is 5.69 Å². The molecule has 136 valence electrons. The second-order valence-electron chi connectivity index (χ2n) is 6.87. The minimum atomic E-state index is -0.534. The van der Waals surface area contributed by atoms with Crippen molar-refractivity contribution in [3.8, 4) is 0 Å². The van der Waals surface area contributed by atoms with E-state index in [1.807, 2.05) is 29.3 Å². The van der Waals surface area contributed by atoms with E-state index in [1.54, 1.807) is 0 Å². The molecule has 2 N–H and O–H groups in total. The molecule has 0 radical (unpaired) electrons. The first kappa shape index (κ1) is 16.3. The molecule has 5 rings (SSSR count). The number of nitrogens with zero attached hydrogens (tertiary/aromatic N) is 3.